The first-order valence-corrected chi connectivity index (χ1v) is 7.21. The van der Waals surface area contributed by atoms with Gasteiger partial charge in [-0.05, 0) is 25.1 Å². The van der Waals surface area contributed by atoms with Crippen LogP contribution in [0.5, 0.6) is 0 Å². The van der Waals surface area contributed by atoms with Crippen LogP contribution < -0.4 is 5.32 Å². The summed E-state index contributed by atoms with van der Waals surface area (Å²) in [5, 5.41) is 7.99. The highest BCUT2D eigenvalue weighted by atomic mass is 16.4. The highest BCUT2D eigenvalue weighted by Crippen LogP contribution is 2.22. The molecule has 0 radical (unpaired) electrons. The molecule has 2 aromatic rings. The third-order valence-corrected chi connectivity index (χ3v) is 3.46. The fourth-order valence-electron chi connectivity index (χ4n) is 2.25. The molecule has 7 nitrogen and oxygen atoms in total. The minimum Gasteiger partial charge on any atom is -0.441 e. The van der Waals surface area contributed by atoms with E-state index in [1.54, 1.807) is 25.4 Å². The molecule has 0 saturated carbocycles. The van der Waals surface area contributed by atoms with Gasteiger partial charge in [-0.25, -0.2) is 9.99 Å². The maximum Gasteiger partial charge on any atom is 0.271 e. The molecule has 0 atom stereocenters. The number of benzene rings is 1. The van der Waals surface area contributed by atoms with Crippen LogP contribution in [-0.2, 0) is 9.59 Å². The molecule has 0 bridgehead atoms. The Morgan fingerprint density at radius 1 is 1.35 bits per heavy atom. The Hall–Kier alpha value is -2.96. The van der Waals surface area contributed by atoms with Crippen LogP contribution in [0.2, 0.25) is 0 Å². The first-order valence-electron chi connectivity index (χ1n) is 7.21. The molecule has 7 heteroatoms. The summed E-state index contributed by atoms with van der Waals surface area (Å²) in [5.74, 6) is 0.811. The quantitative estimate of drug-likeness (QED) is 0.941. The number of nitrogens with one attached hydrogen (secondary N) is 1. The molecule has 2 heterocycles. The molecule has 0 fully saturated rings. The molecule has 0 unspecified atom stereocenters. The van der Waals surface area contributed by atoms with E-state index in [1.165, 1.54) is 5.01 Å². The monoisotopic (exact) mass is 312 g/mol. The minimum atomic E-state index is -0.315. The van der Waals surface area contributed by atoms with Gasteiger partial charge < -0.3 is 9.73 Å². The molecule has 1 aromatic carbocycles. The number of carbonyl (C=O) groups excluding carboxylic acids is 2. The predicted octanol–water partition coefficient (Wildman–Crippen LogP) is 2.20. The molecule has 2 amide bonds. The van der Waals surface area contributed by atoms with Gasteiger partial charge in [0.25, 0.3) is 5.91 Å². The van der Waals surface area contributed by atoms with Gasteiger partial charge in [0.1, 0.15) is 11.5 Å². The fraction of sp³-hybridized carbons (Fsp3) is 0.250. The molecule has 3 rings (SSSR count). The van der Waals surface area contributed by atoms with Crippen molar-refractivity contribution in [1.29, 1.82) is 0 Å². The number of aryl methyl sites for hydroxylation is 1. The Balaban J connectivity index is 1.77. The Labute approximate surface area is 133 Å². The predicted molar refractivity (Wildman–Crippen MR) is 84.7 cm³/mol. The van der Waals surface area contributed by atoms with Crippen LogP contribution >= 0.6 is 0 Å². The standard InChI is InChI=1S/C16H16N4O3/c1-10-9-17-16(23-10)11-4-3-5-12(8-11)18-15(22)13-6-7-14(21)20(2)19-13/h3-5,8-9H,6-7H2,1-2H3,(H,18,22). The number of anilines is 1. The molecule has 1 aliphatic rings. The van der Waals surface area contributed by atoms with Gasteiger partial charge in [0.2, 0.25) is 11.8 Å². The van der Waals surface area contributed by atoms with Crippen LogP contribution in [-0.4, -0.2) is 34.6 Å². The van der Waals surface area contributed by atoms with Crippen molar-refractivity contribution in [3.63, 3.8) is 0 Å². The van der Waals surface area contributed by atoms with E-state index in [-0.39, 0.29) is 11.8 Å². The average Bonchev–Trinajstić information content (AvgIpc) is 2.97. The molecular weight excluding hydrogens is 296 g/mol. The van der Waals surface area contributed by atoms with Gasteiger partial charge in [0.05, 0.1) is 6.20 Å². The second-order valence-corrected chi connectivity index (χ2v) is 5.28. The smallest absolute Gasteiger partial charge is 0.271 e. The van der Waals surface area contributed by atoms with E-state index in [9.17, 15) is 9.59 Å². The topological polar surface area (TPSA) is 87.8 Å². The number of oxazole rings is 1. The number of carbonyl (C=O) groups is 2. The lowest BCUT2D eigenvalue weighted by Crippen LogP contribution is -2.34. The van der Waals surface area contributed by atoms with E-state index in [1.807, 2.05) is 19.1 Å². The molecule has 0 spiro atoms. The third-order valence-electron chi connectivity index (χ3n) is 3.46. The van der Waals surface area contributed by atoms with E-state index >= 15 is 0 Å². The van der Waals surface area contributed by atoms with Gasteiger partial charge in [-0.3, -0.25) is 9.59 Å². The highest BCUT2D eigenvalue weighted by molar-refractivity contribution is 6.43. The summed E-state index contributed by atoms with van der Waals surface area (Å²) in [6, 6.07) is 7.21. The number of hydrogen-bond donors (Lipinski definition) is 1. The van der Waals surface area contributed by atoms with Crippen molar-refractivity contribution < 1.29 is 14.0 Å². The first-order chi connectivity index (χ1) is 11.0. The molecular formula is C16H16N4O3. The van der Waals surface area contributed by atoms with Gasteiger partial charge >= 0.3 is 0 Å². The van der Waals surface area contributed by atoms with E-state index in [0.717, 1.165) is 11.3 Å². The van der Waals surface area contributed by atoms with Crippen molar-refractivity contribution in [2.24, 2.45) is 5.10 Å². The molecule has 118 valence electrons. The van der Waals surface area contributed by atoms with E-state index in [2.05, 4.69) is 15.4 Å². The number of amides is 2. The van der Waals surface area contributed by atoms with Gasteiger partial charge in [-0.2, -0.15) is 5.10 Å². The van der Waals surface area contributed by atoms with Crippen molar-refractivity contribution in [3.05, 3.63) is 36.2 Å². The van der Waals surface area contributed by atoms with Gasteiger partial charge in [-0.1, -0.05) is 6.07 Å². The molecule has 23 heavy (non-hydrogen) atoms. The van der Waals surface area contributed by atoms with Crippen molar-refractivity contribution >= 4 is 23.2 Å². The largest absolute Gasteiger partial charge is 0.441 e. The summed E-state index contributed by atoms with van der Waals surface area (Å²) in [6.45, 7) is 1.82. The highest BCUT2D eigenvalue weighted by Gasteiger charge is 2.22. The summed E-state index contributed by atoms with van der Waals surface area (Å²) in [5.41, 5.74) is 1.73. The van der Waals surface area contributed by atoms with Crippen LogP contribution in [0.15, 0.2) is 40.0 Å². The van der Waals surface area contributed by atoms with Gasteiger partial charge in [0.15, 0.2) is 0 Å². The zero-order valence-corrected chi connectivity index (χ0v) is 12.9. The van der Waals surface area contributed by atoms with E-state index in [4.69, 9.17) is 4.42 Å². The van der Waals surface area contributed by atoms with Gasteiger partial charge in [0, 0.05) is 31.1 Å². The molecule has 0 saturated heterocycles. The minimum absolute atomic E-state index is 0.0946. The second kappa shape index (κ2) is 6.04. The summed E-state index contributed by atoms with van der Waals surface area (Å²) in [6.07, 6.45) is 2.27. The molecule has 0 aliphatic carbocycles. The normalized spacial score (nSPS) is 14.6. The lowest BCUT2D eigenvalue weighted by Gasteiger charge is -2.18. The van der Waals surface area contributed by atoms with Crippen molar-refractivity contribution in [2.45, 2.75) is 19.8 Å². The SMILES string of the molecule is Cc1cnc(-c2cccc(NC(=O)C3=NN(C)C(=O)CC3)c2)o1. The van der Waals surface area contributed by atoms with Crippen LogP contribution in [0.1, 0.15) is 18.6 Å². The van der Waals surface area contributed by atoms with Crippen molar-refractivity contribution in [2.75, 3.05) is 12.4 Å². The van der Waals surface area contributed by atoms with E-state index in [0.29, 0.717) is 30.1 Å². The lowest BCUT2D eigenvalue weighted by atomic mass is 10.1. The Bertz CT molecular complexity index is 794. The maximum atomic E-state index is 12.3. The summed E-state index contributed by atoms with van der Waals surface area (Å²) in [7, 11) is 1.54. The number of hydrazone groups is 1. The summed E-state index contributed by atoms with van der Waals surface area (Å²) in [4.78, 5) is 27.8. The maximum absolute atomic E-state index is 12.3. The van der Waals surface area contributed by atoms with Crippen molar-refractivity contribution in [1.82, 2.24) is 9.99 Å². The van der Waals surface area contributed by atoms with Crippen LogP contribution in [0, 0.1) is 6.92 Å². The fourth-order valence-corrected chi connectivity index (χ4v) is 2.25. The van der Waals surface area contributed by atoms with Crippen LogP contribution in [0.4, 0.5) is 5.69 Å². The number of nitrogens with zero attached hydrogens (tertiary/aromatic N) is 3. The molecule has 1 aliphatic heterocycles. The molecule has 1 N–H and O–H groups in total. The molecule has 1 aromatic heterocycles. The number of aromatic nitrogens is 1. The van der Waals surface area contributed by atoms with Gasteiger partial charge in [-0.15, -0.1) is 0 Å². The Morgan fingerprint density at radius 2 is 2.17 bits per heavy atom. The number of rotatable bonds is 3. The van der Waals surface area contributed by atoms with Crippen LogP contribution in [0.3, 0.4) is 0 Å². The summed E-state index contributed by atoms with van der Waals surface area (Å²) >= 11 is 0. The first kappa shape index (κ1) is 15.0. The second-order valence-electron chi connectivity index (χ2n) is 5.28. The third kappa shape index (κ3) is 3.28. The average molecular weight is 312 g/mol. The zero-order valence-electron chi connectivity index (χ0n) is 12.9. The van der Waals surface area contributed by atoms with Crippen LogP contribution in [0.25, 0.3) is 11.5 Å². The Morgan fingerprint density at radius 3 is 2.87 bits per heavy atom. The summed E-state index contributed by atoms with van der Waals surface area (Å²) < 4.78 is 5.48. The Kier molecular flexibility index (Phi) is 3.92. The number of hydrogen-bond acceptors (Lipinski definition) is 5. The lowest BCUT2D eigenvalue weighted by molar-refractivity contribution is -0.130. The zero-order chi connectivity index (χ0) is 16.4. The van der Waals surface area contributed by atoms with Crippen molar-refractivity contribution in [3.8, 4) is 11.5 Å². The van der Waals surface area contributed by atoms with E-state index < -0.39 is 0 Å².